The van der Waals surface area contributed by atoms with Crippen molar-refractivity contribution in [3.63, 3.8) is 0 Å². The first-order chi connectivity index (χ1) is 14.5. The smallest absolute Gasteiger partial charge is 0.310 e. The van der Waals surface area contributed by atoms with E-state index < -0.39 is 24.1 Å². The number of hydrogen-bond donors (Lipinski definition) is 1. The van der Waals surface area contributed by atoms with E-state index in [2.05, 4.69) is 16.0 Å². The van der Waals surface area contributed by atoms with Crippen molar-refractivity contribution in [2.24, 2.45) is 5.73 Å². The van der Waals surface area contributed by atoms with E-state index in [0.29, 0.717) is 11.3 Å². The van der Waals surface area contributed by atoms with Crippen LogP contribution in [0.25, 0.3) is 0 Å². The number of ether oxygens (including phenoxy) is 1. The number of rotatable bonds is 7. The normalized spacial score (nSPS) is 12.5. The van der Waals surface area contributed by atoms with Crippen molar-refractivity contribution < 1.29 is 13.9 Å². The molecule has 0 aliphatic heterocycles. The van der Waals surface area contributed by atoms with Crippen LogP contribution in [0.5, 0.6) is 5.75 Å². The number of hydrogen-bond acceptors (Lipinski definition) is 6. The van der Waals surface area contributed by atoms with Crippen LogP contribution in [0, 0.1) is 17.4 Å². The molecule has 7 nitrogen and oxygen atoms in total. The molecule has 1 amide bonds. The fourth-order valence-corrected chi connectivity index (χ4v) is 3.13. The van der Waals surface area contributed by atoms with Crippen molar-refractivity contribution in [3.05, 3.63) is 84.1 Å². The Hall–Kier alpha value is -3.83. The summed E-state index contributed by atoms with van der Waals surface area (Å²) in [4.78, 5) is 21.6. The largest absolute Gasteiger partial charge is 0.496 e. The van der Waals surface area contributed by atoms with E-state index in [9.17, 15) is 14.4 Å². The molecule has 0 aliphatic rings. The Morgan fingerprint density at radius 3 is 2.57 bits per heavy atom. The van der Waals surface area contributed by atoms with E-state index in [4.69, 9.17) is 10.5 Å². The molecule has 0 saturated carbocycles. The second-order valence-corrected chi connectivity index (χ2v) is 6.46. The molecule has 1 aromatic heterocycles. The summed E-state index contributed by atoms with van der Waals surface area (Å²) >= 11 is 0. The molecule has 2 N–H and O–H groups in total. The Morgan fingerprint density at radius 2 is 1.90 bits per heavy atom. The summed E-state index contributed by atoms with van der Waals surface area (Å²) < 4.78 is 19.1. The monoisotopic (exact) mass is 405 g/mol. The SMILES string of the molecule is COc1ccccc1C(C#N)N(C(=O)[C@@H](N)Cc1ccccc1)c1ccnc(F)n1. The number of amides is 1. The molecule has 0 radical (unpaired) electrons. The number of halogens is 1. The molecule has 0 spiro atoms. The first kappa shape index (κ1) is 20.9. The van der Waals surface area contributed by atoms with Gasteiger partial charge in [-0.15, -0.1) is 0 Å². The molecule has 2 aromatic carbocycles. The van der Waals surface area contributed by atoms with Gasteiger partial charge in [-0.1, -0.05) is 48.5 Å². The summed E-state index contributed by atoms with van der Waals surface area (Å²) in [6.45, 7) is 0. The predicted molar refractivity (Wildman–Crippen MR) is 109 cm³/mol. The average molecular weight is 405 g/mol. The third kappa shape index (κ3) is 4.59. The molecule has 0 saturated heterocycles. The van der Waals surface area contributed by atoms with Crippen molar-refractivity contribution in [1.29, 1.82) is 5.26 Å². The molecule has 3 aromatic rings. The Bertz CT molecular complexity index is 1050. The highest BCUT2D eigenvalue weighted by Gasteiger charge is 2.33. The third-order valence-corrected chi connectivity index (χ3v) is 4.53. The van der Waals surface area contributed by atoms with Crippen molar-refractivity contribution in [2.75, 3.05) is 12.0 Å². The van der Waals surface area contributed by atoms with Gasteiger partial charge in [0.15, 0.2) is 6.04 Å². The summed E-state index contributed by atoms with van der Waals surface area (Å²) in [6, 6.07) is 17.4. The molecule has 1 heterocycles. The van der Waals surface area contributed by atoms with Crippen LogP contribution in [0.2, 0.25) is 0 Å². The maximum Gasteiger partial charge on any atom is 0.310 e. The molecule has 0 bridgehead atoms. The van der Waals surface area contributed by atoms with Crippen LogP contribution in [0.1, 0.15) is 17.2 Å². The molecule has 8 heteroatoms. The van der Waals surface area contributed by atoms with Crippen LogP contribution >= 0.6 is 0 Å². The van der Waals surface area contributed by atoms with E-state index in [1.807, 2.05) is 30.3 Å². The highest BCUT2D eigenvalue weighted by Crippen LogP contribution is 2.32. The fourth-order valence-electron chi connectivity index (χ4n) is 3.13. The summed E-state index contributed by atoms with van der Waals surface area (Å²) in [5, 5.41) is 9.94. The van der Waals surface area contributed by atoms with Gasteiger partial charge in [-0.05, 0) is 24.1 Å². The van der Waals surface area contributed by atoms with Gasteiger partial charge in [-0.25, -0.2) is 4.98 Å². The third-order valence-electron chi connectivity index (χ3n) is 4.53. The molecule has 0 aliphatic carbocycles. The quantitative estimate of drug-likeness (QED) is 0.606. The van der Waals surface area contributed by atoms with Crippen LogP contribution in [0.4, 0.5) is 10.2 Å². The molecule has 152 valence electrons. The van der Waals surface area contributed by atoms with Gasteiger partial charge in [0.05, 0.1) is 19.2 Å². The van der Waals surface area contributed by atoms with Crippen LogP contribution in [-0.2, 0) is 11.2 Å². The highest BCUT2D eigenvalue weighted by atomic mass is 19.1. The van der Waals surface area contributed by atoms with Gasteiger partial charge in [0.2, 0.25) is 5.91 Å². The minimum atomic E-state index is -1.13. The van der Waals surface area contributed by atoms with E-state index in [0.717, 1.165) is 10.5 Å². The molecule has 0 fully saturated rings. The molecule has 1 unspecified atom stereocenters. The number of benzene rings is 2. The number of methoxy groups -OCH3 is 1. The van der Waals surface area contributed by atoms with Crippen LogP contribution in [-0.4, -0.2) is 29.0 Å². The van der Waals surface area contributed by atoms with Crippen molar-refractivity contribution in [1.82, 2.24) is 9.97 Å². The zero-order valence-corrected chi connectivity index (χ0v) is 16.3. The maximum atomic E-state index is 13.8. The van der Waals surface area contributed by atoms with E-state index in [-0.39, 0.29) is 12.2 Å². The fraction of sp³-hybridized carbons (Fsp3) is 0.182. The van der Waals surface area contributed by atoms with Gasteiger partial charge in [0.25, 0.3) is 0 Å². The Kier molecular flexibility index (Phi) is 6.67. The number of carbonyl (C=O) groups excluding carboxylic acids is 1. The van der Waals surface area contributed by atoms with Crippen LogP contribution < -0.4 is 15.4 Å². The van der Waals surface area contributed by atoms with Gasteiger partial charge >= 0.3 is 6.08 Å². The number of carbonyl (C=O) groups is 1. The van der Waals surface area contributed by atoms with Gasteiger partial charge in [0.1, 0.15) is 11.6 Å². The second-order valence-electron chi connectivity index (χ2n) is 6.46. The summed E-state index contributed by atoms with van der Waals surface area (Å²) in [7, 11) is 1.46. The number of nitriles is 1. The Balaban J connectivity index is 2.04. The van der Waals surface area contributed by atoms with Crippen molar-refractivity contribution in [3.8, 4) is 11.8 Å². The number of aromatic nitrogens is 2. The summed E-state index contributed by atoms with van der Waals surface area (Å²) in [5.74, 6) is -0.226. The highest BCUT2D eigenvalue weighted by molar-refractivity contribution is 5.97. The minimum absolute atomic E-state index is 0.0616. The second kappa shape index (κ2) is 9.58. The zero-order valence-electron chi connectivity index (χ0n) is 16.3. The van der Waals surface area contributed by atoms with Gasteiger partial charge in [0, 0.05) is 11.8 Å². The van der Waals surface area contributed by atoms with Crippen molar-refractivity contribution >= 4 is 11.7 Å². The van der Waals surface area contributed by atoms with Crippen LogP contribution in [0.15, 0.2) is 66.9 Å². The molecule has 3 rings (SSSR count). The molecule has 2 atom stereocenters. The number of para-hydroxylation sites is 1. The van der Waals surface area contributed by atoms with E-state index >= 15 is 0 Å². The lowest BCUT2D eigenvalue weighted by atomic mass is 10.0. The predicted octanol–water partition coefficient (Wildman–Crippen LogP) is 2.79. The van der Waals surface area contributed by atoms with Gasteiger partial charge in [-0.2, -0.15) is 14.6 Å². The van der Waals surface area contributed by atoms with E-state index in [1.54, 1.807) is 24.3 Å². The summed E-state index contributed by atoms with van der Waals surface area (Å²) in [6.07, 6.45) is 0.407. The lowest BCUT2D eigenvalue weighted by molar-refractivity contribution is -0.120. The zero-order chi connectivity index (χ0) is 21.5. The molecule has 30 heavy (non-hydrogen) atoms. The van der Waals surface area contributed by atoms with Crippen molar-refractivity contribution in [2.45, 2.75) is 18.5 Å². The maximum absolute atomic E-state index is 13.8. The number of nitrogens with zero attached hydrogens (tertiary/aromatic N) is 4. The van der Waals surface area contributed by atoms with Gasteiger partial charge < -0.3 is 10.5 Å². The number of anilines is 1. The van der Waals surface area contributed by atoms with Gasteiger partial charge in [-0.3, -0.25) is 9.69 Å². The first-order valence-electron chi connectivity index (χ1n) is 9.18. The summed E-state index contributed by atoms with van der Waals surface area (Å²) in [5.41, 5.74) is 7.49. The standard InChI is InChI=1S/C22H20FN5O2/c1-30-19-10-6-5-9-16(19)18(14-24)28(20-11-12-26-22(23)27-20)21(29)17(25)13-15-7-3-2-4-8-15/h2-12,17-18H,13,25H2,1H3/t17-,18?/m0/s1. The average Bonchev–Trinajstić information content (AvgIpc) is 2.77. The van der Waals surface area contributed by atoms with E-state index in [1.165, 1.54) is 19.4 Å². The Morgan fingerprint density at radius 1 is 1.20 bits per heavy atom. The Labute approximate surface area is 173 Å². The minimum Gasteiger partial charge on any atom is -0.496 e. The topological polar surface area (TPSA) is 105 Å². The molecular weight excluding hydrogens is 385 g/mol. The lowest BCUT2D eigenvalue weighted by Crippen LogP contribution is -2.47. The number of nitrogens with two attached hydrogens (primary N) is 1. The first-order valence-corrected chi connectivity index (χ1v) is 9.18. The van der Waals surface area contributed by atoms with Crippen LogP contribution in [0.3, 0.4) is 0 Å². The lowest BCUT2D eigenvalue weighted by Gasteiger charge is -2.29. The molecular formula is C22H20FN5O2.